The molecule has 0 radical (unpaired) electrons. The summed E-state index contributed by atoms with van der Waals surface area (Å²) in [7, 11) is 0. The number of rotatable bonds is 4. The van der Waals surface area contributed by atoms with E-state index in [9.17, 15) is 17.6 Å². The van der Waals surface area contributed by atoms with Crippen molar-refractivity contribution in [1.82, 2.24) is 4.98 Å². The van der Waals surface area contributed by atoms with Crippen molar-refractivity contribution in [2.24, 2.45) is 0 Å². The first kappa shape index (κ1) is 15.4. The molecule has 0 saturated heterocycles. The Morgan fingerprint density at radius 1 is 1.10 bits per heavy atom. The Morgan fingerprint density at radius 2 is 1.76 bits per heavy atom. The van der Waals surface area contributed by atoms with Gasteiger partial charge in [-0.3, -0.25) is 0 Å². The number of benzene rings is 1. The van der Waals surface area contributed by atoms with Crippen LogP contribution in [0.1, 0.15) is 5.56 Å². The highest BCUT2D eigenvalue weighted by Gasteiger charge is 2.32. The molecule has 1 aromatic carbocycles. The molecule has 0 aliphatic heterocycles. The van der Waals surface area contributed by atoms with Gasteiger partial charge in [-0.2, -0.15) is 0 Å². The minimum atomic E-state index is -4.89. The SMILES string of the molecule is Fc1c(CCl)ccnc1Oc1ccccc1OC(F)(F)F. The quantitative estimate of drug-likeness (QED) is 0.606. The lowest BCUT2D eigenvalue weighted by Crippen LogP contribution is -2.17. The third-order valence-corrected chi connectivity index (χ3v) is 2.65. The molecule has 112 valence electrons. The van der Waals surface area contributed by atoms with Gasteiger partial charge in [-0.25, -0.2) is 9.37 Å². The van der Waals surface area contributed by atoms with E-state index in [4.69, 9.17) is 16.3 Å². The van der Waals surface area contributed by atoms with Gasteiger partial charge in [0, 0.05) is 11.8 Å². The standard InChI is InChI=1S/C13H8ClF4NO2/c14-7-8-5-6-19-12(11(8)15)20-9-3-1-2-4-10(9)21-13(16,17)18/h1-6H,7H2. The maximum atomic E-state index is 13.9. The number of hydrogen-bond acceptors (Lipinski definition) is 3. The van der Waals surface area contributed by atoms with Gasteiger partial charge in [-0.15, -0.1) is 24.8 Å². The van der Waals surface area contributed by atoms with Crippen molar-refractivity contribution in [2.45, 2.75) is 12.2 Å². The lowest BCUT2D eigenvalue weighted by Gasteiger charge is -2.13. The van der Waals surface area contributed by atoms with Gasteiger partial charge in [0.05, 0.1) is 5.88 Å². The number of para-hydroxylation sites is 2. The van der Waals surface area contributed by atoms with Crippen molar-refractivity contribution in [3.63, 3.8) is 0 Å². The van der Waals surface area contributed by atoms with Gasteiger partial charge < -0.3 is 9.47 Å². The average molecular weight is 322 g/mol. The van der Waals surface area contributed by atoms with Crippen molar-refractivity contribution in [2.75, 3.05) is 0 Å². The molecule has 0 N–H and O–H groups in total. The van der Waals surface area contributed by atoms with Gasteiger partial charge in [-0.05, 0) is 18.2 Å². The topological polar surface area (TPSA) is 31.4 Å². The van der Waals surface area contributed by atoms with E-state index in [1.54, 1.807) is 0 Å². The molecule has 0 fully saturated rings. The number of ether oxygens (including phenoxy) is 2. The summed E-state index contributed by atoms with van der Waals surface area (Å²) in [6.07, 6.45) is -3.65. The molecule has 2 aromatic rings. The second-order valence-corrected chi connectivity index (χ2v) is 4.09. The summed E-state index contributed by atoms with van der Waals surface area (Å²) in [5.41, 5.74) is 0.121. The fourth-order valence-corrected chi connectivity index (χ4v) is 1.69. The summed E-state index contributed by atoms with van der Waals surface area (Å²) >= 11 is 5.53. The largest absolute Gasteiger partial charge is 0.573 e. The van der Waals surface area contributed by atoms with Crippen LogP contribution in [0.5, 0.6) is 17.4 Å². The maximum absolute atomic E-state index is 13.9. The number of halogens is 5. The number of aromatic nitrogens is 1. The van der Waals surface area contributed by atoms with E-state index in [1.807, 2.05) is 0 Å². The summed E-state index contributed by atoms with van der Waals surface area (Å²) < 4.78 is 59.6. The van der Waals surface area contributed by atoms with Gasteiger partial charge in [0.1, 0.15) is 0 Å². The molecule has 0 aliphatic carbocycles. The molecule has 0 atom stereocenters. The second kappa shape index (κ2) is 6.17. The molecule has 0 bridgehead atoms. The lowest BCUT2D eigenvalue weighted by molar-refractivity contribution is -0.275. The van der Waals surface area contributed by atoms with Crippen LogP contribution in [0.15, 0.2) is 36.5 Å². The van der Waals surface area contributed by atoms with Gasteiger partial charge in [-0.1, -0.05) is 12.1 Å². The van der Waals surface area contributed by atoms with E-state index in [1.165, 1.54) is 30.5 Å². The molecule has 1 aromatic heterocycles. The maximum Gasteiger partial charge on any atom is 0.573 e. The lowest BCUT2D eigenvalue weighted by atomic mass is 10.3. The number of alkyl halides is 4. The monoisotopic (exact) mass is 321 g/mol. The predicted molar refractivity (Wildman–Crippen MR) is 67.0 cm³/mol. The summed E-state index contributed by atoms with van der Waals surface area (Å²) in [4.78, 5) is 3.63. The van der Waals surface area contributed by atoms with E-state index < -0.39 is 23.8 Å². The van der Waals surface area contributed by atoms with Crippen LogP contribution in [0.4, 0.5) is 17.6 Å². The molecule has 2 rings (SSSR count). The summed E-state index contributed by atoms with van der Waals surface area (Å²) in [6, 6.07) is 6.34. The highest BCUT2D eigenvalue weighted by atomic mass is 35.5. The molecule has 0 saturated carbocycles. The van der Waals surface area contributed by atoms with Crippen LogP contribution in [-0.2, 0) is 5.88 Å². The molecule has 0 amide bonds. The average Bonchev–Trinajstić information content (AvgIpc) is 2.41. The molecule has 0 aliphatic rings. The van der Waals surface area contributed by atoms with E-state index in [2.05, 4.69) is 9.72 Å². The van der Waals surface area contributed by atoms with E-state index in [-0.39, 0.29) is 17.2 Å². The Kier molecular flexibility index (Phi) is 4.52. The first-order chi connectivity index (χ1) is 9.90. The Balaban J connectivity index is 2.32. The molecule has 1 heterocycles. The van der Waals surface area contributed by atoms with Gasteiger partial charge in [0.15, 0.2) is 17.3 Å². The van der Waals surface area contributed by atoms with E-state index in [0.29, 0.717) is 0 Å². The van der Waals surface area contributed by atoms with Gasteiger partial charge >= 0.3 is 6.36 Å². The van der Waals surface area contributed by atoms with Gasteiger partial charge in [0.25, 0.3) is 5.88 Å². The van der Waals surface area contributed by atoms with Crippen LogP contribution in [0.3, 0.4) is 0 Å². The zero-order valence-corrected chi connectivity index (χ0v) is 11.1. The second-order valence-electron chi connectivity index (χ2n) is 3.82. The van der Waals surface area contributed by atoms with E-state index >= 15 is 0 Å². The van der Waals surface area contributed by atoms with Crippen molar-refractivity contribution in [3.8, 4) is 17.4 Å². The number of pyridine rings is 1. The fourth-order valence-electron chi connectivity index (χ4n) is 1.48. The molecular weight excluding hydrogens is 314 g/mol. The zero-order chi connectivity index (χ0) is 15.5. The Bertz CT molecular complexity index is 634. The van der Waals surface area contributed by atoms with E-state index in [0.717, 1.165) is 6.07 Å². The smallest absolute Gasteiger partial charge is 0.432 e. The minimum Gasteiger partial charge on any atom is -0.432 e. The first-order valence-corrected chi connectivity index (χ1v) is 6.16. The fraction of sp³-hybridized carbons (Fsp3) is 0.154. The molecule has 21 heavy (non-hydrogen) atoms. The first-order valence-electron chi connectivity index (χ1n) is 5.62. The highest BCUT2D eigenvalue weighted by Crippen LogP contribution is 2.35. The zero-order valence-electron chi connectivity index (χ0n) is 10.3. The van der Waals surface area contributed by atoms with Crippen molar-refractivity contribution < 1.29 is 27.0 Å². The Labute approximate surface area is 122 Å². The van der Waals surface area contributed by atoms with Crippen LogP contribution in [0, 0.1) is 5.82 Å². The summed E-state index contributed by atoms with van der Waals surface area (Å²) in [5, 5.41) is 0. The van der Waals surface area contributed by atoms with Crippen LogP contribution >= 0.6 is 11.6 Å². The Hall–Kier alpha value is -2.02. The van der Waals surface area contributed by atoms with Crippen LogP contribution in [-0.4, -0.2) is 11.3 Å². The summed E-state index contributed by atoms with van der Waals surface area (Å²) in [5.74, 6) is -2.35. The van der Waals surface area contributed by atoms with Crippen LogP contribution in [0.2, 0.25) is 0 Å². The third kappa shape index (κ3) is 3.98. The van der Waals surface area contributed by atoms with Crippen LogP contribution < -0.4 is 9.47 Å². The number of hydrogen-bond donors (Lipinski definition) is 0. The third-order valence-electron chi connectivity index (χ3n) is 2.36. The van der Waals surface area contributed by atoms with Gasteiger partial charge in [0.2, 0.25) is 0 Å². The predicted octanol–water partition coefficient (Wildman–Crippen LogP) is 4.65. The van der Waals surface area contributed by atoms with Crippen molar-refractivity contribution in [3.05, 3.63) is 47.9 Å². The highest BCUT2D eigenvalue weighted by molar-refractivity contribution is 6.17. The molecule has 8 heteroatoms. The van der Waals surface area contributed by atoms with Crippen molar-refractivity contribution in [1.29, 1.82) is 0 Å². The molecular formula is C13H8ClF4NO2. The molecule has 0 spiro atoms. The minimum absolute atomic E-state index is 0.120. The summed E-state index contributed by atoms with van der Waals surface area (Å²) in [6.45, 7) is 0. The normalized spacial score (nSPS) is 11.3. The van der Waals surface area contributed by atoms with Crippen LogP contribution in [0.25, 0.3) is 0 Å². The Morgan fingerprint density at radius 3 is 2.38 bits per heavy atom. The molecule has 3 nitrogen and oxygen atoms in total. The van der Waals surface area contributed by atoms with Crippen molar-refractivity contribution >= 4 is 11.6 Å². The number of nitrogens with zero attached hydrogens (tertiary/aromatic N) is 1. The molecule has 0 unspecified atom stereocenters.